The average Bonchev–Trinajstić information content (AvgIpc) is 3.22. The monoisotopic (exact) mass is 445 g/mol. The van der Waals surface area contributed by atoms with Gasteiger partial charge in [-0.2, -0.15) is 0 Å². The van der Waals surface area contributed by atoms with Crippen LogP contribution in [0.3, 0.4) is 0 Å². The molecular formula is C26H27N3O4. The first-order valence-electron chi connectivity index (χ1n) is 10.9. The third-order valence-electron chi connectivity index (χ3n) is 5.78. The summed E-state index contributed by atoms with van der Waals surface area (Å²) in [5, 5.41) is 15.5. The van der Waals surface area contributed by atoms with Crippen molar-refractivity contribution in [2.75, 3.05) is 27.3 Å². The summed E-state index contributed by atoms with van der Waals surface area (Å²) in [4.78, 5) is 14.0. The smallest absolute Gasteiger partial charge is 0.269 e. The van der Waals surface area contributed by atoms with E-state index in [9.17, 15) is 10.1 Å². The van der Waals surface area contributed by atoms with E-state index in [0.29, 0.717) is 11.5 Å². The summed E-state index contributed by atoms with van der Waals surface area (Å²) in [7, 11) is 3.27. The largest absolute Gasteiger partial charge is 0.493 e. The van der Waals surface area contributed by atoms with Gasteiger partial charge < -0.3 is 19.8 Å². The minimum atomic E-state index is -0.376. The van der Waals surface area contributed by atoms with Gasteiger partial charge in [0.05, 0.1) is 19.1 Å². The standard InChI is InChI=1S/C26H27N3O4/c1-32-24-12-9-19(17-25(24)33-2)26-22(21-5-3-4-6-23(21)28-26)14-16-27-15-13-18-7-10-20(11-8-18)29(30)31/h3-12,17,27-28H,13-16H2,1-2H3. The lowest BCUT2D eigenvalue weighted by atomic mass is 10.0. The first kappa shape index (κ1) is 22.4. The molecule has 170 valence electrons. The molecule has 0 aliphatic heterocycles. The van der Waals surface area contributed by atoms with E-state index in [4.69, 9.17) is 9.47 Å². The van der Waals surface area contributed by atoms with E-state index in [1.807, 2.05) is 36.4 Å². The van der Waals surface area contributed by atoms with Gasteiger partial charge >= 0.3 is 0 Å². The maximum Gasteiger partial charge on any atom is 0.269 e. The number of fused-ring (bicyclic) bond motifs is 1. The number of hydrogen-bond donors (Lipinski definition) is 2. The van der Waals surface area contributed by atoms with Crippen molar-refractivity contribution in [1.82, 2.24) is 10.3 Å². The molecule has 4 aromatic rings. The van der Waals surface area contributed by atoms with Crippen LogP contribution >= 0.6 is 0 Å². The summed E-state index contributed by atoms with van der Waals surface area (Å²) < 4.78 is 10.9. The number of nitro groups is 1. The number of ether oxygens (including phenoxy) is 2. The molecule has 1 aromatic heterocycles. The van der Waals surface area contributed by atoms with Gasteiger partial charge in [-0.1, -0.05) is 30.3 Å². The van der Waals surface area contributed by atoms with Crippen LogP contribution in [0, 0.1) is 10.1 Å². The zero-order valence-electron chi connectivity index (χ0n) is 18.8. The van der Waals surface area contributed by atoms with Gasteiger partial charge in [0.2, 0.25) is 0 Å². The highest BCUT2D eigenvalue weighted by Crippen LogP contribution is 2.36. The summed E-state index contributed by atoms with van der Waals surface area (Å²) in [5.41, 5.74) is 5.67. The number of nitro benzene ring substituents is 1. The molecule has 1 heterocycles. The van der Waals surface area contributed by atoms with Gasteiger partial charge in [-0.25, -0.2) is 0 Å². The zero-order valence-corrected chi connectivity index (χ0v) is 18.8. The molecule has 0 unspecified atom stereocenters. The molecule has 0 aliphatic rings. The Morgan fingerprint density at radius 1 is 0.909 bits per heavy atom. The van der Waals surface area contributed by atoms with Crippen molar-refractivity contribution in [2.24, 2.45) is 0 Å². The number of hydrogen-bond acceptors (Lipinski definition) is 5. The normalized spacial score (nSPS) is 11.0. The van der Waals surface area contributed by atoms with Gasteiger partial charge in [-0.05, 0) is 61.3 Å². The van der Waals surface area contributed by atoms with E-state index < -0.39 is 0 Å². The number of non-ortho nitro benzene ring substituents is 1. The Morgan fingerprint density at radius 2 is 1.64 bits per heavy atom. The second kappa shape index (κ2) is 10.2. The van der Waals surface area contributed by atoms with Crippen LogP contribution in [0.1, 0.15) is 11.1 Å². The molecule has 3 aromatic carbocycles. The van der Waals surface area contributed by atoms with E-state index in [0.717, 1.165) is 48.3 Å². The van der Waals surface area contributed by atoms with Gasteiger partial charge in [0.25, 0.3) is 5.69 Å². The fourth-order valence-electron chi connectivity index (χ4n) is 4.05. The van der Waals surface area contributed by atoms with Crippen LogP contribution in [0.2, 0.25) is 0 Å². The predicted octanol–water partition coefficient (Wildman–Crippen LogP) is 5.14. The Labute approximate surface area is 192 Å². The number of rotatable bonds is 10. The molecule has 0 atom stereocenters. The number of methoxy groups -OCH3 is 2. The number of nitrogens with one attached hydrogen (secondary N) is 2. The highest BCUT2D eigenvalue weighted by atomic mass is 16.6. The van der Waals surface area contributed by atoms with Crippen LogP contribution in [0.4, 0.5) is 5.69 Å². The number of aromatic amines is 1. The van der Waals surface area contributed by atoms with Gasteiger partial charge in [-0.15, -0.1) is 0 Å². The first-order valence-corrected chi connectivity index (χ1v) is 10.9. The summed E-state index contributed by atoms with van der Waals surface area (Å²) in [6.45, 7) is 1.61. The van der Waals surface area contributed by atoms with Crippen LogP contribution in [0.5, 0.6) is 11.5 Å². The third-order valence-corrected chi connectivity index (χ3v) is 5.78. The van der Waals surface area contributed by atoms with Gasteiger partial charge in [0, 0.05) is 34.3 Å². The lowest BCUT2D eigenvalue weighted by Gasteiger charge is -2.11. The molecule has 0 spiro atoms. The van der Waals surface area contributed by atoms with Crippen LogP contribution in [-0.2, 0) is 12.8 Å². The van der Waals surface area contributed by atoms with E-state index in [1.165, 1.54) is 10.9 Å². The Morgan fingerprint density at radius 3 is 2.36 bits per heavy atom. The highest BCUT2D eigenvalue weighted by Gasteiger charge is 2.15. The molecule has 0 radical (unpaired) electrons. The van der Waals surface area contributed by atoms with Crippen LogP contribution < -0.4 is 14.8 Å². The molecular weight excluding hydrogens is 418 g/mol. The molecule has 0 saturated heterocycles. The number of para-hydroxylation sites is 1. The average molecular weight is 446 g/mol. The van der Waals surface area contributed by atoms with Crippen molar-refractivity contribution in [2.45, 2.75) is 12.8 Å². The van der Waals surface area contributed by atoms with Crippen LogP contribution in [0.25, 0.3) is 22.2 Å². The molecule has 0 saturated carbocycles. The zero-order chi connectivity index (χ0) is 23.2. The lowest BCUT2D eigenvalue weighted by molar-refractivity contribution is -0.384. The minimum absolute atomic E-state index is 0.119. The highest BCUT2D eigenvalue weighted by molar-refractivity contribution is 5.91. The number of benzene rings is 3. The summed E-state index contributed by atoms with van der Waals surface area (Å²) in [6, 6.07) is 21.0. The maximum absolute atomic E-state index is 10.8. The number of H-pyrrole nitrogens is 1. The number of aromatic nitrogens is 1. The Hall–Kier alpha value is -3.84. The van der Waals surface area contributed by atoms with Gasteiger partial charge in [-0.3, -0.25) is 10.1 Å². The van der Waals surface area contributed by atoms with Crippen molar-refractivity contribution in [3.63, 3.8) is 0 Å². The van der Waals surface area contributed by atoms with Crippen LogP contribution in [0.15, 0.2) is 66.7 Å². The van der Waals surface area contributed by atoms with E-state index in [1.54, 1.807) is 26.4 Å². The maximum atomic E-state index is 10.8. The Balaban J connectivity index is 1.47. The first-order chi connectivity index (χ1) is 16.1. The second-order valence-corrected chi connectivity index (χ2v) is 7.77. The predicted molar refractivity (Wildman–Crippen MR) is 130 cm³/mol. The van der Waals surface area contributed by atoms with E-state index in [2.05, 4.69) is 28.5 Å². The molecule has 2 N–H and O–H groups in total. The second-order valence-electron chi connectivity index (χ2n) is 7.77. The fourth-order valence-corrected chi connectivity index (χ4v) is 4.05. The Bertz CT molecular complexity index is 1250. The molecule has 7 heteroatoms. The molecule has 33 heavy (non-hydrogen) atoms. The van der Waals surface area contributed by atoms with Crippen molar-refractivity contribution in [3.8, 4) is 22.8 Å². The quantitative estimate of drug-likeness (QED) is 0.201. The van der Waals surface area contributed by atoms with E-state index >= 15 is 0 Å². The van der Waals surface area contributed by atoms with E-state index in [-0.39, 0.29) is 10.6 Å². The van der Waals surface area contributed by atoms with Crippen LogP contribution in [-0.4, -0.2) is 37.2 Å². The van der Waals surface area contributed by atoms with Crippen molar-refractivity contribution in [1.29, 1.82) is 0 Å². The van der Waals surface area contributed by atoms with Gasteiger partial charge in [0.15, 0.2) is 11.5 Å². The number of nitrogens with zero attached hydrogens (tertiary/aromatic N) is 1. The SMILES string of the molecule is COc1ccc(-c2[nH]c3ccccc3c2CCNCCc2ccc([N+](=O)[O-])cc2)cc1OC. The summed E-state index contributed by atoms with van der Waals surface area (Å²) in [5.74, 6) is 1.40. The Kier molecular flexibility index (Phi) is 6.90. The van der Waals surface area contributed by atoms with Crippen molar-refractivity contribution >= 4 is 16.6 Å². The molecule has 0 aliphatic carbocycles. The minimum Gasteiger partial charge on any atom is -0.493 e. The van der Waals surface area contributed by atoms with Crippen molar-refractivity contribution < 1.29 is 14.4 Å². The summed E-state index contributed by atoms with van der Waals surface area (Å²) in [6.07, 6.45) is 1.67. The topological polar surface area (TPSA) is 89.4 Å². The molecule has 4 rings (SSSR count). The molecule has 0 amide bonds. The van der Waals surface area contributed by atoms with Gasteiger partial charge in [0.1, 0.15) is 0 Å². The third kappa shape index (κ3) is 4.99. The lowest BCUT2D eigenvalue weighted by Crippen LogP contribution is -2.20. The molecule has 0 fully saturated rings. The molecule has 7 nitrogen and oxygen atoms in total. The molecule has 0 bridgehead atoms. The fraction of sp³-hybridized carbons (Fsp3) is 0.231. The van der Waals surface area contributed by atoms with Crippen molar-refractivity contribution in [3.05, 3.63) is 88.0 Å². The summed E-state index contributed by atoms with van der Waals surface area (Å²) >= 11 is 0.